The zero-order valence-corrected chi connectivity index (χ0v) is 18.3. The number of halogens is 1. The summed E-state index contributed by atoms with van der Waals surface area (Å²) in [7, 11) is 0. The number of rotatable bonds is 7. The molecule has 7 nitrogen and oxygen atoms in total. The van der Waals surface area contributed by atoms with Crippen molar-refractivity contribution in [3.05, 3.63) is 89.4 Å². The van der Waals surface area contributed by atoms with E-state index in [2.05, 4.69) is 20.7 Å². The standard InChI is InChI=1S/C23H18ClN5O2S/c24-18-9-11-19(12-10-18)29-22(17-6-2-1-3-7-17)27-28-23(29)32-15-21(31)26-25-14-16-5-4-8-20(30)13-16/h1-14H,15H2,(H2,26,30,31)/b25-14+. The van der Waals surface area contributed by atoms with Crippen LogP contribution in [0.25, 0.3) is 17.1 Å². The van der Waals surface area contributed by atoms with Crippen LogP contribution in [-0.2, 0) is 4.79 Å². The highest BCUT2D eigenvalue weighted by Crippen LogP contribution is 2.21. The minimum absolute atomic E-state index is 0.103. The largest absolute Gasteiger partial charge is 0.872 e. The number of benzene rings is 3. The molecule has 0 radical (unpaired) electrons. The Balaban J connectivity index is 1.50. The molecule has 32 heavy (non-hydrogen) atoms. The monoisotopic (exact) mass is 463 g/mol. The van der Waals surface area contributed by atoms with Gasteiger partial charge in [-0.05, 0) is 53.7 Å². The van der Waals surface area contributed by atoms with E-state index in [1.165, 1.54) is 30.1 Å². The fraction of sp³-hybridized carbons (Fsp3) is 0.0435. The lowest BCUT2D eigenvalue weighted by Gasteiger charge is -2.05. The Kier molecular flexibility index (Phi) is 6.84. The van der Waals surface area contributed by atoms with Gasteiger partial charge in [-0.15, -0.1) is 10.8 Å². The van der Waals surface area contributed by atoms with Crippen molar-refractivity contribution < 1.29 is 14.5 Å². The van der Waals surface area contributed by atoms with Crippen molar-refractivity contribution in [2.75, 3.05) is 5.75 Å². The Morgan fingerprint density at radius 2 is 1.91 bits per heavy atom. The van der Waals surface area contributed by atoms with Crippen LogP contribution >= 0.6 is 23.4 Å². The highest BCUT2D eigenvalue weighted by Gasteiger charge is 2.24. The third-order valence-corrected chi connectivity index (χ3v) is 5.59. The van der Waals surface area contributed by atoms with E-state index in [0.717, 1.165) is 17.1 Å². The van der Waals surface area contributed by atoms with Crippen molar-refractivity contribution in [1.29, 1.82) is 0 Å². The first-order valence-corrected chi connectivity index (χ1v) is 11.0. The molecular weight excluding hydrogens is 446 g/mol. The van der Waals surface area contributed by atoms with Gasteiger partial charge in [0.05, 0.1) is 22.6 Å². The number of nitrogens with zero attached hydrogens (tertiary/aromatic N) is 3. The lowest BCUT2D eigenvalue weighted by molar-refractivity contribution is -0.625. The second-order valence-electron chi connectivity index (χ2n) is 6.69. The van der Waals surface area contributed by atoms with Crippen molar-refractivity contribution >= 4 is 35.5 Å². The lowest BCUT2D eigenvalue weighted by atomic mass is 10.2. The number of hydrogen-bond donors (Lipinski definition) is 2. The number of hydrogen-bond acceptors (Lipinski definition) is 5. The molecule has 1 heterocycles. The summed E-state index contributed by atoms with van der Waals surface area (Å²) >= 11 is 7.32. The quantitative estimate of drug-likeness (QED) is 0.190. The van der Waals surface area contributed by atoms with Crippen LogP contribution in [0.1, 0.15) is 5.56 Å². The van der Waals surface area contributed by atoms with Gasteiger partial charge in [0, 0.05) is 5.02 Å². The average Bonchev–Trinajstić information content (AvgIpc) is 3.23. The Labute approximate surface area is 193 Å². The lowest BCUT2D eigenvalue weighted by Crippen LogP contribution is -2.34. The Hall–Kier alpha value is -3.62. The summed E-state index contributed by atoms with van der Waals surface area (Å²) in [5.74, 6) is 0.476. The smallest absolute Gasteiger partial charge is 0.342 e. The predicted octanol–water partition coefficient (Wildman–Crippen LogP) is 3.32. The summed E-state index contributed by atoms with van der Waals surface area (Å²) in [6, 6.07) is 23.5. The Bertz CT molecular complexity index is 1240. The molecule has 3 aromatic carbocycles. The van der Waals surface area contributed by atoms with E-state index >= 15 is 0 Å². The summed E-state index contributed by atoms with van der Waals surface area (Å²) in [6.07, 6.45) is 1.43. The maximum absolute atomic E-state index is 12.3. The number of aromatic amines is 1. The average molecular weight is 464 g/mol. The van der Waals surface area contributed by atoms with E-state index in [4.69, 9.17) is 11.6 Å². The van der Waals surface area contributed by atoms with Gasteiger partial charge >= 0.3 is 5.16 Å². The molecule has 0 unspecified atom stereocenters. The minimum atomic E-state index is -0.295. The van der Waals surface area contributed by atoms with Crippen LogP contribution in [0.5, 0.6) is 5.75 Å². The highest BCUT2D eigenvalue weighted by atomic mass is 35.5. The zero-order chi connectivity index (χ0) is 22.3. The molecule has 1 aromatic heterocycles. The molecule has 0 bridgehead atoms. The van der Waals surface area contributed by atoms with Crippen molar-refractivity contribution in [2.24, 2.45) is 5.10 Å². The fourth-order valence-electron chi connectivity index (χ4n) is 2.95. The van der Waals surface area contributed by atoms with Gasteiger partial charge in [0.2, 0.25) is 0 Å². The van der Waals surface area contributed by atoms with Crippen molar-refractivity contribution in [3.63, 3.8) is 0 Å². The van der Waals surface area contributed by atoms with Gasteiger partial charge in [0.15, 0.2) is 0 Å². The van der Waals surface area contributed by atoms with Gasteiger partial charge in [-0.2, -0.15) is 9.67 Å². The molecule has 0 saturated heterocycles. The number of amides is 1. The predicted molar refractivity (Wildman–Crippen MR) is 123 cm³/mol. The van der Waals surface area contributed by atoms with E-state index in [1.807, 2.05) is 47.0 Å². The van der Waals surface area contributed by atoms with Crippen LogP contribution < -0.4 is 15.1 Å². The van der Waals surface area contributed by atoms with E-state index in [0.29, 0.717) is 15.7 Å². The molecule has 0 aliphatic carbocycles. The normalized spacial score (nSPS) is 11.0. The van der Waals surface area contributed by atoms with E-state index < -0.39 is 0 Å². The van der Waals surface area contributed by atoms with Crippen LogP contribution in [0.15, 0.2) is 89.1 Å². The molecule has 2 N–H and O–H groups in total. The van der Waals surface area contributed by atoms with E-state index in [1.54, 1.807) is 24.3 Å². The minimum Gasteiger partial charge on any atom is -0.872 e. The van der Waals surface area contributed by atoms with Gasteiger partial charge < -0.3 is 5.11 Å². The van der Waals surface area contributed by atoms with Crippen LogP contribution in [0.2, 0.25) is 5.02 Å². The Morgan fingerprint density at radius 1 is 1.12 bits per heavy atom. The number of aromatic nitrogens is 3. The number of H-pyrrole nitrogens is 1. The summed E-state index contributed by atoms with van der Waals surface area (Å²) in [4.78, 5) is 12.3. The number of hydrazone groups is 1. The SMILES string of the molecule is O=C(CSc1n[nH]c(-c2ccccc2)[n+]1-c1ccc(Cl)cc1)N/N=C/c1cccc([O-])c1. The first-order valence-electron chi connectivity index (χ1n) is 9.64. The molecule has 160 valence electrons. The van der Waals surface area contributed by atoms with Gasteiger partial charge in [0.25, 0.3) is 11.7 Å². The van der Waals surface area contributed by atoms with Crippen LogP contribution in [0.3, 0.4) is 0 Å². The van der Waals surface area contributed by atoms with Crippen LogP contribution in [-0.4, -0.2) is 28.1 Å². The van der Waals surface area contributed by atoms with Gasteiger partial charge in [-0.25, -0.2) is 5.43 Å². The maximum atomic E-state index is 12.3. The van der Waals surface area contributed by atoms with Crippen LogP contribution in [0, 0.1) is 0 Å². The molecule has 0 fully saturated rings. The van der Waals surface area contributed by atoms with Crippen molar-refractivity contribution in [3.8, 4) is 22.8 Å². The second-order valence-corrected chi connectivity index (χ2v) is 8.07. The molecule has 4 rings (SSSR count). The molecule has 0 aliphatic heterocycles. The van der Waals surface area contributed by atoms with Gasteiger partial charge in [-0.1, -0.05) is 54.1 Å². The summed E-state index contributed by atoms with van der Waals surface area (Å²) in [6.45, 7) is 0. The number of nitrogens with one attached hydrogen (secondary N) is 2. The highest BCUT2D eigenvalue weighted by molar-refractivity contribution is 7.99. The van der Waals surface area contributed by atoms with E-state index in [-0.39, 0.29) is 17.4 Å². The van der Waals surface area contributed by atoms with Gasteiger partial charge in [0.1, 0.15) is 5.69 Å². The first-order chi connectivity index (χ1) is 15.6. The molecule has 0 atom stereocenters. The molecule has 0 spiro atoms. The third kappa shape index (κ3) is 5.35. The topological polar surface area (TPSA) is 97.1 Å². The molecule has 9 heteroatoms. The maximum Gasteiger partial charge on any atom is 0.342 e. The molecule has 1 amide bonds. The van der Waals surface area contributed by atoms with Crippen LogP contribution in [0.4, 0.5) is 0 Å². The second kappa shape index (κ2) is 10.1. The summed E-state index contributed by atoms with van der Waals surface area (Å²) in [5.41, 5.74) is 4.90. The van der Waals surface area contributed by atoms with E-state index in [9.17, 15) is 9.90 Å². The van der Waals surface area contributed by atoms with Crippen molar-refractivity contribution in [2.45, 2.75) is 5.16 Å². The van der Waals surface area contributed by atoms with Gasteiger partial charge in [-0.3, -0.25) is 4.79 Å². The number of carbonyl (C=O) groups is 1. The molecule has 4 aromatic rings. The first kappa shape index (κ1) is 21.6. The molecular formula is C23H18ClN5O2S. The molecule has 0 saturated carbocycles. The zero-order valence-electron chi connectivity index (χ0n) is 16.7. The number of thioether (sulfide) groups is 1. The number of carbonyl (C=O) groups excluding carboxylic acids is 1. The van der Waals surface area contributed by atoms with Crippen molar-refractivity contribution in [1.82, 2.24) is 15.6 Å². The Morgan fingerprint density at radius 3 is 2.66 bits per heavy atom. The summed E-state index contributed by atoms with van der Waals surface area (Å²) in [5, 5.41) is 24.0. The fourth-order valence-corrected chi connectivity index (χ4v) is 3.84. The molecule has 0 aliphatic rings. The third-order valence-electron chi connectivity index (χ3n) is 4.40. The summed E-state index contributed by atoms with van der Waals surface area (Å²) < 4.78 is 1.94.